The number of carbonyl (C=O) groups is 1. The zero-order valence-corrected chi connectivity index (χ0v) is 19.9. The average Bonchev–Trinajstić information content (AvgIpc) is 3.71. The van der Waals surface area contributed by atoms with Crippen LogP contribution in [0.15, 0.2) is 43.0 Å². The molecular formula is C22H24FN7O4S. The lowest BCUT2D eigenvalue weighted by Gasteiger charge is -2.22. The third kappa shape index (κ3) is 5.50. The van der Waals surface area contributed by atoms with Crippen LogP contribution < -0.4 is 14.8 Å². The van der Waals surface area contributed by atoms with Crippen LogP contribution in [0.2, 0.25) is 0 Å². The summed E-state index contributed by atoms with van der Waals surface area (Å²) in [6.45, 7) is 3.77. The van der Waals surface area contributed by atoms with E-state index in [1.54, 1.807) is 12.3 Å². The maximum absolute atomic E-state index is 15.8. The maximum atomic E-state index is 15.8. The molecule has 0 aliphatic heterocycles. The number of halogens is 1. The number of rotatable bonds is 10. The largest absolute Gasteiger partial charge is 0.477 e. The maximum Gasteiger partial charge on any atom is 0.269 e. The predicted octanol–water partition coefficient (Wildman–Crippen LogP) is 2.84. The first-order chi connectivity index (χ1) is 16.7. The van der Waals surface area contributed by atoms with Gasteiger partial charge in [0.25, 0.3) is 5.91 Å². The van der Waals surface area contributed by atoms with Gasteiger partial charge in [-0.05, 0) is 44.4 Å². The van der Waals surface area contributed by atoms with E-state index in [4.69, 9.17) is 4.74 Å². The second-order valence-corrected chi connectivity index (χ2v) is 9.79. The predicted molar refractivity (Wildman–Crippen MR) is 126 cm³/mol. The second-order valence-electron chi connectivity index (χ2n) is 7.83. The van der Waals surface area contributed by atoms with Gasteiger partial charge in [0.2, 0.25) is 27.5 Å². The third-order valence-electron chi connectivity index (χ3n) is 5.31. The van der Waals surface area contributed by atoms with Crippen molar-refractivity contribution in [1.29, 1.82) is 0 Å². The lowest BCUT2D eigenvalue weighted by molar-refractivity contribution is -0.128. The number of aromatic nitrogens is 5. The number of amides is 1. The first-order valence-electron chi connectivity index (χ1n) is 11.0. The van der Waals surface area contributed by atoms with Crippen LogP contribution >= 0.6 is 0 Å². The molecule has 0 saturated heterocycles. The van der Waals surface area contributed by atoms with Gasteiger partial charge in [0, 0.05) is 18.0 Å². The van der Waals surface area contributed by atoms with Crippen molar-refractivity contribution in [3.05, 3.63) is 48.7 Å². The molecular weight excluding hydrogens is 477 g/mol. The molecule has 2 N–H and O–H groups in total. The zero-order chi connectivity index (χ0) is 25.1. The second kappa shape index (κ2) is 9.86. The number of nitrogens with zero attached hydrogens (tertiary/aromatic N) is 5. The summed E-state index contributed by atoms with van der Waals surface area (Å²) in [7, 11) is -3.64. The highest BCUT2D eigenvalue weighted by Gasteiger charge is 2.41. The van der Waals surface area contributed by atoms with Gasteiger partial charge in [0.05, 0.1) is 35.6 Å². The van der Waals surface area contributed by atoms with Crippen molar-refractivity contribution in [1.82, 2.24) is 24.9 Å². The molecule has 184 valence electrons. The van der Waals surface area contributed by atoms with Crippen LogP contribution in [-0.2, 0) is 20.5 Å². The van der Waals surface area contributed by atoms with Crippen molar-refractivity contribution in [2.24, 2.45) is 0 Å². The lowest BCUT2D eigenvalue weighted by atomic mass is 9.97. The Kier molecular flexibility index (Phi) is 6.87. The van der Waals surface area contributed by atoms with Gasteiger partial charge in [-0.3, -0.25) is 14.5 Å². The number of ether oxygens (including phenoxy) is 1. The topological polar surface area (TPSA) is 149 Å². The molecule has 1 atom stereocenters. The molecule has 3 aromatic rings. The first kappa shape index (κ1) is 24.4. The molecule has 0 spiro atoms. The van der Waals surface area contributed by atoms with Gasteiger partial charge in [0.15, 0.2) is 0 Å². The zero-order valence-electron chi connectivity index (χ0n) is 19.1. The number of hydrogen-bond acceptors (Lipinski definition) is 9. The fourth-order valence-corrected chi connectivity index (χ4v) is 4.49. The number of alkyl halides is 1. The summed E-state index contributed by atoms with van der Waals surface area (Å²) in [6, 6.07) is 4.40. The number of hydrogen-bond donors (Lipinski definition) is 2. The molecule has 11 nitrogen and oxygen atoms in total. The Bertz CT molecular complexity index is 1320. The molecule has 0 radical (unpaired) electrons. The van der Waals surface area contributed by atoms with Gasteiger partial charge in [-0.25, -0.2) is 32.7 Å². The third-order valence-corrected chi connectivity index (χ3v) is 7.13. The first-order valence-corrected chi connectivity index (χ1v) is 12.6. The van der Waals surface area contributed by atoms with Crippen LogP contribution in [0.5, 0.6) is 5.88 Å². The molecule has 4 rings (SSSR count). The van der Waals surface area contributed by atoms with Crippen LogP contribution in [0.4, 0.5) is 16.2 Å². The number of sulfonamides is 1. The minimum atomic E-state index is -3.64. The molecule has 1 amide bonds. The SMILES string of the molecule is CCOc1cncc(-c2ccc(NC(=O)C(F)(CC)c3ccnc(NS(=O)(=O)C4CC4)n3)nc2)n1. The van der Waals surface area contributed by atoms with Gasteiger partial charge in [-0.2, -0.15) is 0 Å². The minimum absolute atomic E-state index is 0.117. The Morgan fingerprint density at radius 2 is 1.94 bits per heavy atom. The fraction of sp³-hybridized carbons (Fsp3) is 0.364. The van der Waals surface area contributed by atoms with E-state index in [0.29, 0.717) is 36.6 Å². The molecule has 1 aliphatic carbocycles. The lowest BCUT2D eigenvalue weighted by Crippen LogP contribution is -2.37. The van der Waals surface area contributed by atoms with Crippen molar-refractivity contribution < 1.29 is 22.3 Å². The van der Waals surface area contributed by atoms with E-state index < -0.39 is 26.8 Å². The Labute approximate surface area is 201 Å². The quantitative estimate of drug-likeness (QED) is 0.427. The van der Waals surface area contributed by atoms with Gasteiger partial charge < -0.3 is 10.1 Å². The van der Waals surface area contributed by atoms with Gasteiger partial charge in [-0.15, -0.1) is 0 Å². The summed E-state index contributed by atoms with van der Waals surface area (Å²) in [5.41, 5.74) is -1.65. The van der Waals surface area contributed by atoms with E-state index in [9.17, 15) is 13.2 Å². The molecule has 1 aliphatic rings. The summed E-state index contributed by atoms with van der Waals surface area (Å²) in [6.07, 6.45) is 6.57. The molecule has 35 heavy (non-hydrogen) atoms. The number of nitrogens with one attached hydrogen (secondary N) is 2. The average molecular weight is 502 g/mol. The van der Waals surface area contributed by atoms with E-state index in [2.05, 4.69) is 35.0 Å². The standard InChI is InChI=1S/C22H24FN7O4S/c1-3-22(23,17-9-10-25-21(28-17)30-35(32,33)15-6-7-15)20(31)29-18-8-5-14(11-26-18)16-12-24-13-19(27-16)34-4-2/h5,8-13,15H,3-4,6-7H2,1-2H3,(H,25,28,30)(H,26,29,31). The Morgan fingerprint density at radius 3 is 2.60 bits per heavy atom. The van der Waals surface area contributed by atoms with Crippen molar-refractivity contribution in [3.63, 3.8) is 0 Å². The Hall–Kier alpha value is -3.74. The molecule has 0 aromatic carbocycles. The van der Waals surface area contributed by atoms with Crippen molar-refractivity contribution in [2.75, 3.05) is 16.6 Å². The summed E-state index contributed by atoms with van der Waals surface area (Å²) in [5.74, 6) is -0.785. The van der Waals surface area contributed by atoms with Crippen LogP contribution in [-0.4, -0.2) is 51.1 Å². The van der Waals surface area contributed by atoms with Gasteiger partial charge in [-0.1, -0.05) is 6.92 Å². The van der Waals surface area contributed by atoms with E-state index in [1.165, 1.54) is 37.6 Å². The monoisotopic (exact) mass is 501 g/mol. The minimum Gasteiger partial charge on any atom is -0.477 e. The van der Waals surface area contributed by atoms with E-state index >= 15 is 4.39 Å². The van der Waals surface area contributed by atoms with Crippen molar-refractivity contribution in [3.8, 4) is 17.1 Å². The molecule has 1 saturated carbocycles. The number of carbonyl (C=O) groups excluding carboxylic acids is 1. The Morgan fingerprint density at radius 1 is 1.14 bits per heavy atom. The Balaban J connectivity index is 1.50. The highest BCUT2D eigenvalue weighted by molar-refractivity contribution is 7.93. The molecule has 3 heterocycles. The van der Waals surface area contributed by atoms with Crippen LogP contribution in [0.1, 0.15) is 38.8 Å². The van der Waals surface area contributed by atoms with E-state index in [0.717, 1.165) is 0 Å². The molecule has 13 heteroatoms. The summed E-state index contributed by atoms with van der Waals surface area (Å²) in [5, 5.41) is 1.95. The smallest absolute Gasteiger partial charge is 0.269 e. The molecule has 1 unspecified atom stereocenters. The number of anilines is 2. The van der Waals surface area contributed by atoms with Gasteiger partial charge >= 0.3 is 0 Å². The van der Waals surface area contributed by atoms with E-state index in [1.807, 2.05) is 6.92 Å². The van der Waals surface area contributed by atoms with E-state index in [-0.39, 0.29) is 23.9 Å². The van der Waals surface area contributed by atoms with Crippen LogP contribution in [0, 0.1) is 0 Å². The summed E-state index contributed by atoms with van der Waals surface area (Å²) >= 11 is 0. The fourth-order valence-electron chi connectivity index (χ4n) is 3.21. The van der Waals surface area contributed by atoms with Crippen molar-refractivity contribution >= 4 is 27.7 Å². The summed E-state index contributed by atoms with van der Waals surface area (Å²) in [4.78, 5) is 33.3. The van der Waals surface area contributed by atoms with Crippen LogP contribution in [0.3, 0.4) is 0 Å². The molecule has 1 fully saturated rings. The highest BCUT2D eigenvalue weighted by Crippen LogP contribution is 2.32. The normalized spacial score (nSPS) is 15.2. The molecule has 0 bridgehead atoms. The van der Waals surface area contributed by atoms with Gasteiger partial charge in [0.1, 0.15) is 5.82 Å². The summed E-state index contributed by atoms with van der Waals surface area (Å²) < 4.78 is 47.8. The molecule has 3 aromatic heterocycles. The number of pyridine rings is 1. The van der Waals surface area contributed by atoms with Crippen LogP contribution in [0.25, 0.3) is 11.3 Å². The highest BCUT2D eigenvalue weighted by atomic mass is 32.2. The van der Waals surface area contributed by atoms with Crippen molar-refractivity contribution in [2.45, 2.75) is 44.0 Å².